The molecule has 4 aliphatic rings. The summed E-state index contributed by atoms with van der Waals surface area (Å²) in [6.07, 6.45) is 6.60. The lowest BCUT2D eigenvalue weighted by molar-refractivity contribution is -0.207. The highest BCUT2D eigenvalue weighted by atomic mass is 16.5. The van der Waals surface area contributed by atoms with Gasteiger partial charge in [-0.1, -0.05) is 20.8 Å². The maximum atomic E-state index is 11.7. The molecule has 0 spiro atoms. The number of ether oxygens (including phenoxy) is 1. The van der Waals surface area contributed by atoms with Crippen molar-refractivity contribution in [1.29, 1.82) is 0 Å². The van der Waals surface area contributed by atoms with Crippen molar-refractivity contribution in [3.05, 3.63) is 0 Å². The summed E-state index contributed by atoms with van der Waals surface area (Å²) >= 11 is 0. The third kappa shape index (κ3) is 3.34. The lowest BCUT2D eigenvalue weighted by Crippen LogP contribution is -2.62. The second-order valence-electron chi connectivity index (χ2n) is 11.6. The number of carbonyl (C=O) groups excluding carboxylic acids is 1. The number of aliphatic hydroxyl groups is 3. The van der Waals surface area contributed by atoms with Crippen molar-refractivity contribution in [3.8, 4) is 0 Å². The molecule has 0 aromatic carbocycles. The second-order valence-corrected chi connectivity index (χ2v) is 11.6. The molecule has 0 bridgehead atoms. The molecule has 4 saturated carbocycles. The predicted molar refractivity (Wildman–Crippen MR) is 114 cm³/mol. The van der Waals surface area contributed by atoms with Gasteiger partial charge in [-0.25, -0.2) is 0 Å². The van der Waals surface area contributed by atoms with Gasteiger partial charge in [0.2, 0.25) is 0 Å². The summed E-state index contributed by atoms with van der Waals surface area (Å²) in [5, 5.41) is 33.1. The average Bonchev–Trinajstić information content (AvgIpc) is 3.06. The van der Waals surface area contributed by atoms with E-state index >= 15 is 0 Å². The smallest absolute Gasteiger partial charge is 0.305 e. The van der Waals surface area contributed by atoms with Crippen LogP contribution in [0.4, 0.5) is 0 Å². The van der Waals surface area contributed by atoms with Gasteiger partial charge in [-0.05, 0) is 97.7 Å². The average molecular weight is 423 g/mol. The van der Waals surface area contributed by atoms with E-state index in [0.717, 1.165) is 51.4 Å². The van der Waals surface area contributed by atoms with Crippen LogP contribution in [0.25, 0.3) is 0 Å². The standard InChI is InChI=1S/C25H42O5/c1-14(5-8-22(29)30-4)17-6-7-18-23-19(13-21(28)25(17,18)3)24(2)10-9-16(26)11-15(24)12-20(23)27/h14-21,23,26-28H,5-13H2,1-4H3/t14?,15-,16+,17+,18-,19-,20+,21-,23-,24-,25+/m0/s1. The molecule has 30 heavy (non-hydrogen) atoms. The number of fused-ring (bicyclic) bond motifs is 5. The molecule has 5 nitrogen and oxygen atoms in total. The van der Waals surface area contributed by atoms with E-state index in [-0.39, 0.29) is 41.0 Å². The molecule has 11 atom stereocenters. The first-order valence-electron chi connectivity index (χ1n) is 12.2. The minimum Gasteiger partial charge on any atom is -0.469 e. The predicted octanol–water partition coefficient (Wildman–Crippen LogP) is 3.54. The van der Waals surface area contributed by atoms with Gasteiger partial charge in [-0.3, -0.25) is 4.79 Å². The third-order valence-electron chi connectivity index (χ3n) is 10.6. The maximum absolute atomic E-state index is 11.7. The first-order valence-corrected chi connectivity index (χ1v) is 12.2. The van der Waals surface area contributed by atoms with Crippen LogP contribution in [0.2, 0.25) is 0 Å². The van der Waals surface area contributed by atoms with E-state index in [1.165, 1.54) is 7.11 Å². The van der Waals surface area contributed by atoms with Crippen molar-refractivity contribution in [2.24, 2.45) is 46.3 Å². The van der Waals surface area contributed by atoms with Crippen molar-refractivity contribution in [2.75, 3.05) is 7.11 Å². The van der Waals surface area contributed by atoms with E-state index in [0.29, 0.717) is 36.0 Å². The molecule has 4 fully saturated rings. The molecule has 3 N–H and O–H groups in total. The van der Waals surface area contributed by atoms with Gasteiger partial charge in [-0.2, -0.15) is 0 Å². The number of carbonyl (C=O) groups is 1. The Bertz CT molecular complexity index is 651. The maximum Gasteiger partial charge on any atom is 0.305 e. The second kappa shape index (κ2) is 8.04. The molecule has 0 radical (unpaired) electrons. The summed E-state index contributed by atoms with van der Waals surface area (Å²) in [7, 11) is 1.44. The van der Waals surface area contributed by atoms with Gasteiger partial charge < -0.3 is 20.1 Å². The Balaban J connectivity index is 1.58. The Morgan fingerprint density at radius 2 is 1.80 bits per heavy atom. The number of aliphatic hydroxyl groups excluding tert-OH is 3. The van der Waals surface area contributed by atoms with Gasteiger partial charge in [0.1, 0.15) is 0 Å². The molecule has 0 amide bonds. The van der Waals surface area contributed by atoms with Crippen LogP contribution in [0.5, 0.6) is 0 Å². The van der Waals surface area contributed by atoms with Gasteiger partial charge in [0, 0.05) is 6.42 Å². The molecule has 0 aromatic rings. The van der Waals surface area contributed by atoms with Crippen LogP contribution in [0.15, 0.2) is 0 Å². The monoisotopic (exact) mass is 422 g/mol. The summed E-state index contributed by atoms with van der Waals surface area (Å²) in [4.78, 5) is 11.7. The van der Waals surface area contributed by atoms with Crippen LogP contribution < -0.4 is 0 Å². The Labute approximate surface area is 181 Å². The van der Waals surface area contributed by atoms with Crippen LogP contribution in [0, 0.1) is 46.3 Å². The van der Waals surface area contributed by atoms with E-state index in [4.69, 9.17) is 4.74 Å². The number of rotatable bonds is 4. The van der Waals surface area contributed by atoms with Gasteiger partial charge in [-0.15, -0.1) is 0 Å². The zero-order valence-electron chi connectivity index (χ0n) is 19.2. The van der Waals surface area contributed by atoms with E-state index < -0.39 is 0 Å². The van der Waals surface area contributed by atoms with Crippen molar-refractivity contribution in [1.82, 2.24) is 0 Å². The normalized spacial score (nSPS) is 51.4. The molecule has 4 aliphatic carbocycles. The lowest BCUT2D eigenvalue weighted by Gasteiger charge is -2.63. The Morgan fingerprint density at radius 3 is 2.50 bits per heavy atom. The first-order chi connectivity index (χ1) is 14.1. The Kier molecular flexibility index (Phi) is 6.04. The van der Waals surface area contributed by atoms with Gasteiger partial charge >= 0.3 is 5.97 Å². The molecule has 4 rings (SSSR count). The van der Waals surface area contributed by atoms with Gasteiger partial charge in [0.15, 0.2) is 0 Å². The highest BCUT2D eigenvalue weighted by molar-refractivity contribution is 5.69. The summed E-state index contributed by atoms with van der Waals surface area (Å²) in [5.74, 6) is 1.81. The highest BCUT2D eigenvalue weighted by Gasteiger charge is 2.65. The zero-order valence-corrected chi connectivity index (χ0v) is 19.2. The summed E-state index contributed by atoms with van der Waals surface area (Å²) in [6, 6.07) is 0. The fraction of sp³-hybridized carbons (Fsp3) is 0.960. The molecule has 172 valence electrons. The molecular weight excluding hydrogens is 380 g/mol. The molecule has 0 aromatic heterocycles. The number of methoxy groups -OCH3 is 1. The molecule has 0 aliphatic heterocycles. The fourth-order valence-corrected chi connectivity index (χ4v) is 8.78. The largest absolute Gasteiger partial charge is 0.469 e. The summed E-state index contributed by atoms with van der Waals surface area (Å²) < 4.78 is 4.83. The topological polar surface area (TPSA) is 87.0 Å². The molecule has 5 heteroatoms. The first kappa shape index (κ1) is 22.5. The van der Waals surface area contributed by atoms with E-state index in [2.05, 4.69) is 20.8 Å². The number of esters is 1. The highest BCUT2D eigenvalue weighted by Crippen LogP contribution is 2.68. The van der Waals surface area contributed by atoms with Crippen molar-refractivity contribution in [2.45, 2.75) is 96.9 Å². The van der Waals surface area contributed by atoms with Crippen molar-refractivity contribution >= 4 is 5.97 Å². The Morgan fingerprint density at radius 1 is 1.07 bits per heavy atom. The lowest BCUT2D eigenvalue weighted by atomic mass is 9.43. The van der Waals surface area contributed by atoms with Crippen LogP contribution >= 0.6 is 0 Å². The fourth-order valence-electron chi connectivity index (χ4n) is 8.78. The quantitative estimate of drug-likeness (QED) is 0.603. The van der Waals surface area contributed by atoms with E-state index in [1.807, 2.05) is 0 Å². The molecular formula is C25H42O5. The molecule has 0 saturated heterocycles. The van der Waals surface area contributed by atoms with E-state index in [1.54, 1.807) is 0 Å². The van der Waals surface area contributed by atoms with Crippen LogP contribution in [0.3, 0.4) is 0 Å². The number of hydrogen-bond donors (Lipinski definition) is 3. The zero-order chi connectivity index (χ0) is 21.8. The van der Waals surface area contributed by atoms with Crippen LogP contribution in [0.1, 0.15) is 78.6 Å². The Hall–Kier alpha value is -0.650. The minimum absolute atomic E-state index is 0.111. The third-order valence-corrected chi connectivity index (χ3v) is 10.6. The van der Waals surface area contributed by atoms with Gasteiger partial charge in [0.05, 0.1) is 25.4 Å². The molecule has 0 heterocycles. The summed E-state index contributed by atoms with van der Waals surface area (Å²) in [6.45, 7) is 6.85. The van der Waals surface area contributed by atoms with Gasteiger partial charge in [0.25, 0.3) is 0 Å². The minimum atomic E-state index is -0.369. The van der Waals surface area contributed by atoms with Crippen molar-refractivity contribution in [3.63, 3.8) is 0 Å². The van der Waals surface area contributed by atoms with Crippen LogP contribution in [-0.4, -0.2) is 46.7 Å². The SMILES string of the molecule is COC(=O)CCC(C)[C@H]1CC[C@H]2[C@@H]3[C@H](O)C[C@@H]4C[C@H](O)CC[C@]4(C)[C@H]3C[C@H](O)[C@]12C. The molecule has 1 unspecified atom stereocenters. The van der Waals surface area contributed by atoms with Crippen LogP contribution in [-0.2, 0) is 9.53 Å². The number of hydrogen-bond acceptors (Lipinski definition) is 5. The summed E-state index contributed by atoms with van der Waals surface area (Å²) in [5.41, 5.74) is -0.0882. The van der Waals surface area contributed by atoms with E-state index in [9.17, 15) is 20.1 Å². The van der Waals surface area contributed by atoms with Crippen molar-refractivity contribution < 1.29 is 24.9 Å².